The molecule has 3 aromatic rings. The van der Waals surface area contributed by atoms with E-state index in [9.17, 15) is 4.79 Å². The van der Waals surface area contributed by atoms with Gasteiger partial charge in [0, 0.05) is 17.5 Å². The minimum atomic E-state index is -0.283. The van der Waals surface area contributed by atoms with Crippen molar-refractivity contribution < 1.29 is 14.3 Å². The van der Waals surface area contributed by atoms with Crippen LogP contribution in [-0.4, -0.2) is 34.3 Å². The normalized spacial score (nSPS) is 14.5. The number of rotatable bonds is 6. The lowest BCUT2D eigenvalue weighted by atomic mass is 9.96. The van der Waals surface area contributed by atoms with Crippen molar-refractivity contribution in [2.75, 3.05) is 18.2 Å². The highest BCUT2D eigenvalue weighted by molar-refractivity contribution is 8.00. The van der Waals surface area contributed by atoms with Gasteiger partial charge < -0.3 is 14.8 Å². The van der Waals surface area contributed by atoms with Crippen molar-refractivity contribution in [3.8, 4) is 17.1 Å². The van der Waals surface area contributed by atoms with Crippen LogP contribution in [0, 0.1) is 6.92 Å². The van der Waals surface area contributed by atoms with Crippen molar-refractivity contribution in [1.82, 2.24) is 9.97 Å². The number of nitrogens with zero attached hydrogens (tertiary/aromatic N) is 2. The second kappa shape index (κ2) is 9.30. The van der Waals surface area contributed by atoms with E-state index in [0.717, 1.165) is 27.4 Å². The van der Waals surface area contributed by atoms with E-state index >= 15 is 0 Å². The Labute approximate surface area is 192 Å². The van der Waals surface area contributed by atoms with Crippen LogP contribution in [0.2, 0.25) is 0 Å². The molecule has 6 nitrogen and oxygen atoms in total. The fourth-order valence-corrected chi connectivity index (χ4v) is 4.46. The summed E-state index contributed by atoms with van der Waals surface area (Å²) in [4.78, 5) is 22.4. The predicted molar refractivity (Wildman–Crippen MR) is 127 cm³/mol. The minimum Gasteiger partial charge on any atom is -0.495 e. The number of benzene rings is 2. The highest BCUT2D eigenvalue weighted by Gasteiger charge is 2.30. The van der Waals surface area contributed by atoms with E-state index < -0.39 is 0 Å². The zero-order valence-electron chi connectivity index (χ0n) is 18.8. The van der Waals surface area contributed by atoms with Crippen molar-refractivity contribution in [3.05, 3.63) is 65.4 Å². The first-order valence-corrected chi connectivity index (χ1v) is 11.5. The third kappa shape index (κ3) is 5.11. The zero-order valence-corrected chi connectivity index (χ0v) is 19.6. The predicted octanol–water partition coefficient (Wildman–Crippen LogP) is 5.04. The Bertz CT molecular complexity index is 1150. The number of ether oxygens (including phenoxy) is 2. The first kappa shape index (κ1) is 22.3. The molecule has 0 radical (unpaired) electrons. The van der Waals surface area contributed by atoms with Gasteiger partial charge in [-0.3, -0.25) is 4.79 Å². The summed E-state index contributed by atoms with van der Waals surface area (Å²) in [5.41, 5.74) is 4.44. The topological polar surface area (TPSA) is 73.3 Å². The molecule has 0 unspecified atom stereocenters. The van der Waals surface area contributed by atoms with Crippen LogP contribution in [0.3, 0.4) is 0 Å². The molecule has 2 heterocycles. The summed E-state index contributed by atoms with van der Waals surface area (Å²) < 4.78 is 11.3. The standard InChI is InChI=1S/C25H27N3O3S/c1-16-8-7-9-17(12-16)23-27-20-13-25(2,3)31-14-18(20)24(28-23)32-15-22(29)26-19-10-5-6-11-21(19)30-4/h5-12H,13-15H2,1-4H3,(H,26,29). The number of nitrogens with one attached hydrogen (secondary N) is 1. The van der Waals surface area contributed by atoms with Crippen LogP contribution >= 0.6 is 11.8 Å². The SMILES string of the molecule is COc1ccccc1NC(=O)CSc1nc(-c2cccc(C)c2)nc2c1COC(C)(C)C2. The molecule has 4 rings (SSSR count). The van der Waals surface area contributed by atoms with Gasteiger partial charge in [0.2, 0.25) is 5.91 Å². The monoisotopic (exact) mass is 449 g/mol. The van der Waals surface area contributed by atoms with Crippen LogP contribution < -0.4 is 10.1 Å². The number of para-hydroxylation sites is 2. The number of aryl methyl sites for hydroxylation is 1. The fourth-order valence-electron chi connectivity index (χ4n) is 3.62. The maximum atomic E-state index is 12.7. The summed E-state index contributed by atoms with van der Waals surface area (Å²) in [7, 11) is 1.58. The van der Waals surface area contributed by atoms with Crippen LogP contribution in [0.15, 0.2) is 53.6 Å². The summed E-state index contributed by atoms with van der Waals surface area (Å²) in [5.74, 6) is 1.40. The molecule has 0 saturated heterocycles. The van der Waals surface area contributed by atoms with Crippen molar-refractivity contribution >= 4 is 23.4 Å². The molecule has 1 aliphatic heterocycles. The van der Waals surface area contributed by atoms with E-state index in [1.165, 1.54) is 11.8 Å². The number of methoxy groups -OCH3 is 1. The van der Waals surface area contributed by atoms with Crippen molar-refractivity contribution in [1.29, 1.82) is 0 Å². The second-order valence-electron chi connectivity index (χ2n) is 8.41. The number of fused-ring (bicyclic) bond motifs is 1. The smallest absolute Gasteiger partial charge is 0.234 e. The molecule has 0 atom stereocenters. The second-order valence-corrected chi connectivity index (χ2v) is 9.37. The van der Waals surface area contributed by atoms with Gasteiger partial charge in [-0.2, -0.15) is 0 Å². The summed E-state index contributed by atoms with van der Waals surface area (Å²) in [6, 6.07) is 15.5. The van der Waals surface area contributed by atoms with Gasteiger partial charge in [0.25, 0.3) is 0 Å². The van der Waals surface area contributed by atoms with Crippen LogP contribution in [0.1, 0.15) is 30.7 Å². The molecule has 166 valence electrons. The van der Waals surface area contributed by atoms with Crippen LogP contribution in [0.5, 0.6) is 5.75 Å². The molecular formula is C25H27N3O3S. The van der Waals surface area contributed by atoms with Gasteiger partial charge in [0.1, 0.15) is 10.8 Å². The lowest BCUT2D eigenvalue weighted by Gasteiger charge is -2.32. The number of thioether (sulfide) groups is 1. The number of aromatic nitrogens is 2. The number of hydrogen-bond donors (Lipinski definition) is 1. The van der Waals surface area contributed by atoms with Crippen LogP contribution in [0.4, 0.5) is 5.69 Å². The van der Waals surface area contributed by atoms with Gasteiger partial charge in [0.05, 0.1) is 36.5 Å². The molecular weight excluding hydrogens is 422 g/mol. The third-order valence-electron chi connectivity index (χ3n) is 5.25. The molecule has 1 N–H and O–H groups in total. The molecule has 1 amide bonds. The number of amides is 1. The fraction of sp³-hybridized carbons (Fsp3) is 0.320. The van der Waals surface area contributed by atoms with Crippen molar-refractivity contribution in [2.45, 2.75) is 44.4 Å². The maximum Gasteiger partial charge on any atom is 0.234 e. The number of anilines is 1. The molecule has 0 fully saturated rings. The van der Waals surface area contributed by atoms with E-state index in [1.54, 1.807) is 7.11 Å². The van der Waals surface area contributed by atoms with Crippen LogP contribution in [0.25, 0.3) is 11.4 Å². The van der Waals surface area contributed by atoms with Gasteiger partial charge in [-0.1, -0.05) is 47.7 Å². The van der Waals surface area contributed by atoms with E-state index in [4.69, 9.17) is 19.4 Å². The van der Waals surface area contributed by atoms with E-state index in [2.05, 4.69) is 38.2 Å². The maximum absolute atomic E-state index is 12.7. The lowest BCUT2D eigenvalue weighted by molar-refractivity contribution is -0.113. The third-order valence-corrected chi connectivity index (χ3v) is 6.27. The highest BCUT2D eigenvalue weighted by Crippen LogP contribution is 2.34. The van der Waals surface area contributed by atoms with Gasteiger partial charge in [0.15, 0.2) is 5.82 Å². The Morgan fingerprint density at radius 1 is 1.19 bits per heavy atom. The van der Waals surface area contributed by atoms with Gasteiger partial charge in [-0.05, 0) is 39.0 Å². The Hall–Kier alpha value is -2.90. The molecule has 7 heteroatoms. The Balaban J connectivity index is 1.59. The number of carbonyl (C=O) groups is 1. The van der Waals surface area contributed by atoms with E-state index in [-0.39, 0.29) is 17.3 Å². The zero-order chi connectivity index (χ0) is 22.7. The Morgan fingerprint density at radius 3 is 2.78 bits per heavy atom. The van der Waals surface area contributed by atoms with Gasteiger partial charge in [-0.25, -0.2) is 9.97 Å². The minimum absolute atomic E-state index is 0.124. The molecule has 0 spiro atoms. The first-order valence-electron chi connectivity index (χ1n) is 10.5. The molecule has 2 aromatic carbocycles. The summed E-state index contributed by atoms with van der Waals surface area (Å²) >= 11 is 1.41. The van der Waals surface area contributed by atoms with Crippen molar-refractivity contribution in [2.24, 2.45) is 0 Å². The Kier molecular flexibility index (Phi) is 6.48. The van der Waals surface area contributed by atoms with Crippen LogP contribution in [-0.2, 0) is 22.6 Å². The van der Waals surface area contributed by atoms with E-state index in [0.29, 0.717) is 30.3 Å². The molecule has 0 bridgehead atoms. The highest BCUT2D eigenvalue weighted by atomic mass is 32.2. The first-order chi connectivity index (χ1) is 15.3. The lowest BCUT2D eigenvalue weighted by Crippen LogP contribution is -2.33. The quantitative estimate of drug-likeness (QED) is 0.420. The Morgan fingerprint density at radius 2 is 2.00 bits per heavy atom. The van der Waals surface area contributed by atoms with Gasteiger partial charge >= 0.3 is 0 Å². The van der Waals surface area contributed by atoms with Crippen molar-refractivity contribution in [3.63, 3.8) is 0 Å². The average Bonchev–Trinajstić information content (AvgIpc) is 2.76. The number of hydrogen-bond acceptors (Lipinski definition) is 6. The largest absolute Gasteiger partial charge is 0.495 e. The number of carbonyl (C=O) groups excluding carboxylic acids is 1. The molecule has 0 saturated carbocycles. The summed E-state index contributed by atoms with van der Waals surface area (Å²) in [5, 5.41) is 3.71. The van der Waals surface area contributed by atoms with E-state index in [1.807, 2.05) is 36.4 Å². The average molecular weight is 450 g/mol. The summed E-state index contributed by atoms with van der Waals surface area (Å²) in [6.07, 6.45) is 0.699. The molecule has 1 aromatic heterocycles. The molecule has 0 aliphatic carbocycles. The molecule has 32 heavy (non-hydrogen) atoms. The molecule has 1 aliphatic rings. The van der Waals surface area contributed by atoms with Gasteiger partial charge in [-0.15, -0.1) is 0 Å². The summed E-state index contributed by atoms with van der Waals surface area (Å²) in [6.45, 7) is 6.62.